The minimum absolute atomic E-state index is 0.606. The Bertz CT molecular complexity index is 4640. The van der Waals surface area contributed by atoms with E-state index in [4.69, 9.17) is 13.3 Å². The van der Waals surface area contributed by atoms with E-state index in [1.54, 1.807) is 172 Å². The van der Waals surface area contributed by atoms with Crippen LogP contribution in [0.1, 0.15) is 114 Å². The van der Waals surface area contributed by atoms with E-state index in [1.165, 1.54) is 68.6 Å². The first kappa shape index (κ1) is 114. The molecule has 0 spiro atoms. The van der Waals surface area contributed by atoms with Crippen molar-refractivity contribution in [1.29, 1.82) is 0 Å². The second-order valence-electron chi connectivity index (χ2n) is 27.4. The highest BCUT2D eigenvalue weighted by Crippen LogP contribution is 2.05. The molecule has 26 nitrogen and oxygen atoms in total. The molecule has 0 bridgehead atoms. The first-order valence-corrected chi connectivity index (χ1v) is 43.9. The Balaban J connectivity index is 0.000000690. The van der Waals surface area contributed by atoms with E-state index in [9.17, 15) is 0 Å². The molecule has 0 atom stereocenters. The Hall–Kier alpha value is -14.7. The molecule has 19 heterocycles. The maximum absolute atomic E-state index is 4.83. The van der Waals surface area contributed by atoms with Crippen molar-refractivity contribution in [3.63, 3.8) is 0 Å². The molecule has 0 saturated carbocycles. The number of rotatable bonds is 0. The highest BCUT2D eigenvalue weighted by atomic mass is 32.1. The number of aromatic nitrogens is 20. The molecule has 0 unspecified atom stereocenters. The molecule has 19 aromatic rings. The number of aliphatic imine (C=N–C) groups is 1. The molecule has 0 amide bonds. The SMILES string of the molecule is CC1=CCN=C1.Cc1ccccc1.Cc1ccccn1.Cc1cccn1C.Cc1cccnc1.Cc1cccnn1.Cc1ccco1.Cc1cccs1.Cc1ccn(C)c1.Cc1ccncc1.Cc1ccncn1.Cc1ccoc1.Cc1ccsc1.Cc1cnccn1.Cc1cocn1.Cc1ncccn1.Cc1nccn1C.Cc1ncco1.Cc1nccs1.Cc1nnco1. The Morgan fingerprint density at radius 3 is 1.27 bits per heavy atom. The summed E-state index contributed by atoms with van der Waals surface area (Å²) < 4.78 is 29.6. The third-order valence-corrected chi connectivity index (χ3v) is 17.4. The summed E-state index contributed by atoms with van der Waals surface area (Å²) in [6.07, 6.45) is 50.6. The van der Waals surface area contributed by atoms with Crippen molar-refractivity contribution < 1.29 is 22.1 Å². The summed E-state index contributed by atoms with van der Waals surface area (Å²) in [6, 6.07) is 49.6. The number of benzene rings is 1. The van der Waals surface area contributed by atoms with Gasteiger partial charge in [-0.15, -0.1) is 32.9 Å². The van der Waals surface area contributed by atoms with Gasteiger partial charge in [0.05, 0.1) is 53.6 Å². The zero-order chi connectivity index (χ0) is 96.4. The van der Waals surface area contributed by atoms with Crippen molar-refractivity contribution in [3.05, 3.63) is 460 Å². The highest BCUT2D eigenvalue weighted by Gasteiger charge is 1.89. The van der Waals surface area contributed by atoms with Crippen molar-refractivity contribution in [2.75, 3.05) is 6.54 Å². The van der Waals surface area contributed by atoms with Gasteiger partial charge in [0, 0.05) is 180 Å². The molecule has 0 aliphatic carbocycles. The molecular weight excluding hydrogens is 1700 g/mol. The summed E-state index contributed by atoms with van der Waals surface area (Å²) in [5, 5.41) is 23.7. The summed E-state index contributed by atoms with van der Waals surface area (Å²) in [5.41, 5.74) is 15.2. The first-order chi connectivity index (χ1) is 63.1. The number of pyridine rings is 3. The number of allylic oxidation sites excluding steroid dienone is 1. The van der Waals surface area contributed by atoms with Crippen LogP contribution >= 0.6 is 34.0 Å². The highest BCUT2D eigenvalue weighted by molar-refractivity contribution is 7.10. The van der Waals surface area contributed by atoms with Crippen LogP contribution in [0.15, 0.2) is 380 Å². The number of hydrogen-bond donors (Lipinski definition) is 0. The lowest BCUT2D eigenvalue weighted by Gasteiger charge is -1.89. The monoisotopic (exact) mass is 1820 g/mol. The van der Waals surface area contributed by atoms with Gasteiger partial charge < -0.3 is 35.8 Å². The molecule has 18 aromatic heterocycles. The molecule has 690 valence electrons. The van der Waals surface area contributed by atoms with Crippen LogP contribution in [0, 0.1) is 132 Å². The van der Waals surface area contributed by atoms with Gasteiger partial charge in [-0.2, -0.15) is 21.5 Å². The van der Waals surface area contributed by atoms with Crippen LogP contribution in [0.5, 0.6) is 0 Å². The molecule has 1 aliphatic rings. The summed E-state index contributed by atoms with van der Waals surface area (Å²) in [7, 11) is 6.03. The van der Waals surface area contributed by atoms with E-state index in [-0.39, 0.29) is 0 Å². The zero-order valence-corrected chi connectivity index (χ0v) is 82.3. The van der Waals surface area contributed by atoms with E-state index in [0.29, 0.717) is 5.89 Å². The van der Waals surface area contributed by atoms with Crippen LogP contribution in [0.25, 0.3) is 0 Å². The van der Waals surface area contributed by atoms with Gasteiger partial charge in [0.2, 0.25) is 12.3 Å². The predicted molar refractivity (Wildman–Crippen MR) is 534 cm³/mol. The number of thiazole rings is 1. The molecular formula is C102H129N21O5S3. The molecule has 131 heavy (non-hydrogen) atoms. The van der Waals surface area contributed by atoms with Crippen LogP contribution in [-0.2, 0) is 21.1 Å². The number of oxazole rings is 2. The average molecular weight is 1830 g/mol. The molecule has 1 aromatic carbocycles. The third kappa shape index (κ3) is 74.1. The van der Waals surface area contributed by atoms with Crippen molar-refractivity contribution >= 4 is 40.2 Å². The first-order valence-electron chi connectivity index (χ1n) is 41.2. The van der Waals surface area contributed by atoms with Gasteiger partial charge in [-0.1, -0.05) is 60.2 Å². The zero-order valence-electron chi connectivity index (χ0n) is 79.9. The number of thiophene rings is 2. The molecule has 20 rings (SSSR count). The second-order valence-corrected chi connectivity index (χ2v) is 30.5. The molecule has 0 fully saturated rings. The van der Waals surface area contributed by atoms with E-state index in [0.717, 1.165) is 63.3 Å². The summed E-state index contributed by atoms with van der Waals surface area (Å²) >= 11 is 5.18. The average Bonchev–Trinajstić information content (AvgIpc) is 1.82. The molecule has 29 heteroatoms. The summed E-state index contributed by atoms with van der Waals surface area (Å²) in [4.78, 5) is 55.5. The van der Waals surface area contributed by atoms with Crippen molar-refractivity contribution in [2.45, 2.75) is 138 Å². The fourth-order valence-corrected chi connectivity index (χ4v) is 9.53. The number of nitrogens with zero attached hydrogens (tertiary/aromatic N) is 21. The largest absolute Gasteiger partial charge is 0.472 e. The van der Waals surface area contributed by atoms with Gasteiger partial charge in [-0.3, -0.25) is 34.9 Å². The Kier molecular flexibility index (Phi) is 67.8. The second kappa shape index (κ2) is 77.6. The van der Waals surface area contributed by atoms with Crippen molar-refractivity contribution in [1.82, 2.24) is 98.9 Å². The topological polar surface area (TPSA) is 312 Å². The van der Waals surface area contributed by atoms with Gasteiger partial charge in [-0.05, 0) is 277 Å². The normalized spacial score (nSPS) is 9.32. The lowest BCUT2D eigenvalue weighted by atomic mass is 10.2. The Morgan fingerprint density at radius 2 is 1.05 bits per heavy atom. The van der Waals surface area contributed by atoms with E-state index < -0.39 is 0 Å². The van der Waals surface area contributed by atoms with Gasteiger partial charge >= 0.3 is 0 Å². The lowest BCUT2D eigenvalue weighted by Crippen LogP contribution is -1.86. The van der Waals surface area contributed by atoms with Crippen LogP contribution in [0.4, 0.5) is 0 Å². The summed E-state index contributed by atoms with van der Waals surface area (Å²) in [5.74, 6) is 4.17. The Labute approximate surface area is 786 Å². The van der Waals surface area contributed by atoms with E-state index in [1.807, 2.05) is 253 Å². The van der Waals surface area contributed by atoms with E-state index >= 15 is 0 Å². The lowest BCUT2D eigenvalue weighted by molar-refractivity contribution is 0.518. The van der Waals surface area contributed by atoms with Gasteiger partial charge in [-0.25, -0.2) is 34.9 Å². The van der Waals surface area contributed by atoms with Gasteiger partial charge in [0.1, 0.15) is 36.3 Å². The standard InChI is InChI=1S/C7H8.2C6H9N.3C6H7N.C5H8N2.4C5H6N2.C5H7N.2C5H6O.2C5H6S.2C4H5NO.C4H5NS.C3H4N2O/c1-7-5-3-2-4-6-7;1-6-3-4-7(2)5-6;1-6-4-3-5-7(6)2;1-6-2-4-7-5-3-6;1-6-3-2-4-7-5-6;1-6-4-2-3-5-7-6;1-5-6-3-4-7(5)2;1-5-4-6-2-3-7-5;1-5-2-3-6-4-7-5;1-5-6-3-2-4-7-5;1-5-3-2-4-6-7-5;2*1-5-2-3-6-4-5;1-5-3-2-4-6-5;1-5-2-3-6-4-5;1-5-3-2-4-6-5;1-4-2-6-3-5-4;2*1-4-5-2-3-6-4;1-3-5-4-2-6-3/h2-6H,1H3;2*3-5H,1-2H3;3*2-5H,1H3;3-4H,1-2H3;4*2-4H,1H3;2,4H,3H2,1H3;4*2-4H,1H3;3*2-3H,1H3;2H,1H3. The smallest absolute Gasteiger partial charge is 0.213 e. The number of hydrogen-bond acceptors (Lipinski definition) is 26. The van der Waals surface area contributed by atoms with E-state index in [2.05, 4.69) is 216 Å². The molecule has 0 N–H and O–H groups in total. The van der Waals surface area contributed by atoms with Crippen LogP contribution in [0.2, 0.25) is 0 Å². The predicted octanol–water partition coefficient (Wildman–Crippen LogP) is 24.8. The van der Waals surface area contributed by atoms with Gasteiger partial charge in [0.15, 0.2) is 12.3 Å². The fourth-order valence-electron chi connectivity index (χ4n) is 7.89. The maximum atomic E-state index is 4.83. The van der Waals surface area contributed by atoms with Crippen molar-refractivity contribution in [2.24, 2.45) is 26.1 Å². The third-order valence-electron chi connectivity index (χ3n) is 15.1. The minimum Gasteiger partial charge on any atom is -0.472 e. The maximum Gasteiger partial charge on any atom is 0.213 e. The number of furan rings is 2. The molecule has 0 saturated heterocycles. The van der Waals surface area contributed by atoms with Crippen LogP contribution in [0.3, 0.4) is 0 Å². The van der Waals surface area contributed by atoms with Gasteiger partial charge in [0.25, 0.3) is 0 Å². The molecule has 0 radical (unpaired) electrons. The quantitative estimate of drug-likeness (QED) is 0.136. The Morgan fingerprint density at radius 1 is 0.351 bits per heavy atom. The number of aryl methyl sites for hydroxylation is 22. The summed E-state index contributed by atoms with van der Waals surface area (Å²) in [6.45, 7) is 40.3. The molecule has 1 aliphatic heterocycles. The number of imidazole rings is 1. The van der Waals surface area contributed by atoms with Crippen LogP contribution in [-0.4, -0.2) is 112 Å². The fraction of sp³-hybridized carbons (Fsp3) is 0.235. The van der Waals surface area contributed by atoms with Crippen molar-refractivity contribution in [3.8, 4) is 0 Å². The minimum atomic E-state index is 0.606. The van der Waals surface area contributed by atoms with Crippen LogP contribution < -0.4 is 0 Å².